The van der Waals surface area contributed by atoms with Gasteiger partial charge in [-0.3, -0.25) is 0 Å². The van der Waals surface area contributed by atoms with E-state index in [0.717, 1.165) is 23.2 Å². The number of sulfonamides is 1. The molecule has 162 valence electrons. The number of anilines is 2. The van der Waals surface area contributed by atoms with E-state index in [1.165, 1.54) is 12.4 Å². The third-order valence-corrected chi connectivity index (χ3v) is 7.25. The minimum absolute atomic E-state index is 0.0142. The number of benzene rings is 2. The normalized spacial score (nSPS) is 21.3. The van der Waals surface area contributed by atoms with E-state index in [0.29, 0.717) is 0 Å². The number of carboxylic acid groups (broad SMARTS) is 1. The van der Waals surface area contributed by atoms with Crippen LogP contribution < -0.4 is 10.0 Å². The van der Waals surface area contributed by atoms with Gasteiger partial charge >= 0.3 is 5.97 Å². The zero-order valence-electron chi connectivity index (χ0n) is 16.8. The van der Waals surface area contributed by atoms with Crippen molar-refractivity contribution in [2.24, 2.45) is 5.92 Å². The maximum atomic E-state index is 12.9. The minimum atomic E-state index is -3.85. The van der Waals surface area contributed by atoms with Crippen LogP contribution in [0.25, 0.3) is 0 Å². The summed E-state index contributed by atoms with van der Waals surface area (Å²) < 4.78 is 28.2. The summed E-state index contributed by atoms with van der Waals surface area (Å²) in [6, 6.07) is 13.5. The lowest BCUT2D eigenvalue weighted by molar-refractivity contribution is 0.0696. The number of fused-ring (bicyclic) bond motifs is 3. The second kappa shape index (κ2) is 7.76. The predicted octanol–water partition coefficient (Wildman–Crippen LogP) is 3.80. The number of aromatic nitrogens is 2. The molecule has 2 aliphatic rings. The monoisotopic (exact) mass is 448 g/mol. The molecule has 32 heavy (non-hydrogen) atoms. The Hall–Kier alpha value is -3.72. The highest BCUT2D eigenvalue weighted by molar-refractivity contribution is 7.92. The number of hydrogen-bond acceptors (Lipinski definition) is 6. The maximum absolute atomic E-state index is 12.9. The van der Waals surface area contributed by atoms with Crippen molar-refractivity contribution in [2.75, 3.05) is 10.0 Å². The lowest BCUT2D eigenvalue weighted by atomic mass is 9.77. The molecule has 1 aliphatic heterocycles. The van der Waals surface area contributed by atoms with Crippen molar-refractivity contribution in [3.05, 3.63) is 89.8 Å². The minimum Gasteiger partial charge on any atom is -0.478 e. The van der Waals surface area contributed by atoms with Crippen LogP contribution in [0.5, 0.6) is 0 Å². The van der Waals surface area contributed by atoms with Crippen molar-refractivity contribution in [3.8, 4) is 0 Å². The highest BCUT2D eigenvalue weighted by Gasteiger charge is 2.38. The first-order valence-electron chi connectivity index (χ1n) is 10.1. The standard InChI is InChI=1S/C23H20N4O4S/c28-22(29)15-5-1-4-14(12-15)21-18-7-2-6-17(18)19-13-16(8-9-20(19)26-21)32(30,31)27-23-24-10-3-11-25-23/h1-6,8-13,17-18,21,26H,7H2,(H,28,29)(H,24,25,27). The molecule has 0 spiro atoms. The van der Waals surface area contributed by atoms with Crippen LogP contribution in [0.15, 0.2) is 78.0 Å². The lowest BCUT2D eigenvalue weighted by Gasteiger charge is -2.37. The Morgan fingerprint density at radius 2 is 1.91 bits per heavy atom. The molecule has 0 amide bonds. The molecule has 3 aromatic rings. The summed E-state index contributed by atoms with van der Waals surface area (Å²) in [5.74, 6) is -0.781. The van der Waals surface area contributed by atoms with Crippen LogP contribution in [0.2, 0.25) is 0 Å². The molecule has 5 rings (SSSR count). The molecule has 2 heterocycles. The van der Waals surface area contributed by atoms with Crippen LogP contribution in [-0.4, -0.2) is 29.5 Å². The smallest absolute Gasteiger partial charge is 0.335 e. The van der Waals surface area contributed by atoms with Crippen LogP contribution in [-0.2, 0) is 10.0 Å². The molecule has 8 nitrogen and oxygen atoms in total. The third-order valence-electron chi connectivity index (χ3n) is 5.93. The number of carboxylic acids is 1. The van der Waals surface area contributed by atoms with E-state index in [1.54, 1.807) is 42.5 Å². The second-order valence-corrected chi connectivity index (χ2v) is 9.52. The summed E-state index contributed by atoms with van der Waals surface area (Å²) in [5, 5.41) is 12.9. The van der Waals surface area contributed by atoms with Gasteiger partial charge in [-0.05, 0) is 59.9 Å². The SMILES string of the molecule is O=C(O)c1cccc(C2Nc3ccc(S(=O)(=O)Nc4ncccn4)cc3C3C=CCC32)c1. The first kappa shape index (κ1) is 20.2. The van der Waals surface area contributed by atoms with Crippen molar-refractivity contribution in [1.82, 2.24) is 9.97 Å². The summed E-state index contributed by atoms with van der Waals surface area (Å²) in [7, 11) is -3.85. The van der Waals surface area contributed by atoms with E-state index in [9.17, 15) is 18.3 Å². The van der Waals surface area contributed by atoms with Gasteiger partial charge in [0.25, 0.3) is 10.0 Å². The topological polar surface area (TPSA) is 121 Å². The van der Waals surface area contributed by atoms with E-state index in [2.05, 4.69) is 32.2 Å². The Bertz CT molecular complexity index is 1320. The number of rotatable bonds is 5. The van der Waals surface area contributed by atoms with E-state index in [1.807, 2.05) is 6.07 Å². The van der Waals surface area contributed by atoms with Crippen molar-refractivity contribution < 1.29 is 18.3 Å². The van der Waals surface area contributed by atoms with Gasteiger partial charge in [-0.1, -0.05) is 24.3 Å². The Labute approximate surface area is 185 Å². The zero-order chi connectivity index (χ0) is 22.3. The Kier molecular flexibility index (Phi) is 4.90. The fourth-order valence-corrected chi connectivity index (χ4v) is 5.46. The van der Waals surface area contributed by atoms with Gasteiger partial charge in [0.05, 0.1) is 16.5 Å². The van der Waals surface area contributed by atoms with E-state index < -0.39 is 16.0 Å². The van der Waals surface area contributed by atoms with Crippen LogP contribution >= 0.6 is 0 Å². The van der Waals surface area contributed by atoms with Gasteiger partial charge in [0, 0.05) is 24.0 Å². The molecule has 0 fully saturated rings. The third kappa shape index (κ3) is 3.60. The summed E-state index contributed by atoms with van der Waals surface area (Å²) >= 11 is 0. The number of nitrogens with one attached hydrogen (secondary N) is 2. The van der Waals surface area contributed by atoms with Crippen molar-refractivity contribution in [2.45, 2.75) is 23.3 Å². The molecule has 9 heteroatoms. The molecule has 1 aliphatic carbocycles. The highest BCUT2D eigenvalue weighted by atomic mass is 32.2. The Balaban J connectivity index is 1.50. The number of carbonyl (C=O) groups is 1. The fourth-order valence-electron chi connectivity index (χ4n) is 4.47. The van der Waals surface area contributed by atoms with Crippen LogP contribution in [0, 0.1) is 5.92 Å². The van der Waals surface area contributed by atoms with Crippen LogP contribution in [0.4, 0.5) is 11.6 Å². The summed E-state index contributed by atoms with van der Waals surface area (Å²) in [6.07, 6.45) is 7.94. The van der Waals surface area contributed by atoms with Crippen LogP contribution in [0.3, 0.4) is 0 Å². The average Bonchev–Trinajstić information content (AvgIpc) is 3.29. The first-order valence-corrected chi connectivity index (χ1v) is 11.6. The van der Waals surface area contributed by atoms with Crippen molar-refractivity contribution in [3.63, 3.8) is 0 Å². The number of aromatic carboxylic acids is 1. The van der Waals surface area contributed by atoms with Gasteiger partial charge in [-0.15, -0.1) is 0 Å². The second-order valence-electron chi connectivity index (χ2n) is 7.83. The molecule has 0 saturated carbocycles. The van der Waals surface area contributed by atoms with E-state index >= 15 is 0 Å². The molecular formula is C23H20N4O4S. The summed E-state index contributed by atoms with van der Waals surface area (Å²) in [6.45, 7) is 0. The van der Waals surface area contributed by atoms with E-state index in [-0.39, 0.29) is 34.3 Å². The van der Waals surface area contributed by atoms with Crippen LogP contribution in [0.1, 0.15) is 39.9 Å². The molecule has 0 saturated heterocycles. The van der Waals surface area contributed by atoms with Gasteiger partial charge < -0.3 is 10.4 Å². The largest absolute Gasteiger partial charge is 0.478 e. The van der Waals surface area contributed by atoms with E-state index in [4.69, 9.17) is 0 Å². The molecule has 0 radical (unpaired) electrons. The maximum Gasteiger partial charge on any atom is 0.335 e. The molecular weight excluding hydrogens is 428 g/mol. The molecule has 2 aromatic carbocycles. The number of hydrogen-bond donors (Lipinski definition) is 3. The lowest BCUT2D eigenvalue weighted by Crippen LogP contribution is -2.29. The fraction of sp³-hybridized carbons (Fsp3) is 0.174. The van der Waals surface area contributed by atoms with Gasteiger partial charge in [-0.25, -0.2) is 27.9 Å². The summed E-state index contributed by atoms with van der Waals surface area (Å²) in [5.41, 5.74) is 2.87. The van der Waals surface area contributed by atoms with Gasteiger partial charge in [0.2, 0.25) is 5.95 Å². The number of nitrogens with zero attached hydrogens (tertiary/aromatic N) is 2. The number of allylic oxidation sites excluding steroid dienone is 2. The average molecular weight is 449 g/mol. The quantitative estimate of drug-likeness (QED) is 0.508. The van der Waals surface area contributed by atoms with Gasteiger partial charge in [-0.2, -0.15) is 0 Å². The van der Waals surface area contributed by atoms with Gasteiger partial charge in [0.15, 0.2) is 0 Å². The molecule has 3 N–H and O–H groups in total. The molecule has 1 aromatic heterocycles. The summed E-state index contributed by atoms with van der Waals surface area (Å²) in [4.78, 5) is 19.4. The zero-order valence-corrected chi connectivity index (χ0v) is 17.7. The highest BCUT2D eigenvalue weighted by Crippen LogP contribution is 2.50. The molecule has 3 atom stereocenters. The molecule has 0 bridgehead atoms. The van der Waals surface area contributed by atoms with Gasteiger partial charge in [0.1, 0.15) is 0 Å². The van der Waals surface area contributed by atoms with Crippen molar-refractivity contribution >= 4 is 27.6 Å². The molecule has 3 unspecified atom stereocenters. The first-order chi connectivity index (χ1) is 15.4. The Morgan fingerprint density at radius 1 is 1.09 bits per heavy atom. The Morgan fingerprint density at radius 3 is 2.69 bits per heavy atom. The van der Waals surface area contributed by atoms with Crippen molar-refractivity contribution in [1.29, 1.82) is 0 Å². The predicted molar refractivity (Wildman–Crippen MR) is 119 cm³/mol.